The van der Waals surface area contributed by atoms with Crippen molar-refractivity contribution >= 4 is 5.69 Å². The van der Waals surface area contributed by atoms with Gasteiger partial charge >= 0.3 is 0 Å². The number of nitrogens with one attached hydrogen (secondary N) is 1. The molecule has 0 heterocycles. The molecule has 1 rings (SSSR count). The summed E-state index contributed by atoms with van der Waals surface area (Å²) >= 11 is 0. The van der Waals surface area contributed by atoms with Crippen molar-refractivity contribution < 1.29 is 0 Å². The Hall–Kier alpha value is -1.28. The van der Waals surface area contributed by atoms with E-state index in [1.807, 2.05) is 0 Å². The number of benzene rings is 1. The maximum Gasteiger partial charge on any atom is 0.0398 e. The lowest BCUT2D eigenvalue weighted by Crippen LogP contribution is -2.30. The van der Waals surface area contributed by atoms with Gasteiger partial charge in [0.2, 0.25) is 0 Å². The van der Waals surface area contributed by atoms with E-state index in [-0.39, 0.29) is 0 Å². The Morgan fingerprint density at radius 2 is 1.94 bits per heavy atom. The number of likely N-dealkylation sites (N-methyl/N-ethyl adjacent to an activating group) is 1. The second kappa shape index (κ2) is 8.76. The van der Waals surface area contributed by atoms with Gasteiger partial charge in [-0.15, -0.1) is 0 Å². The van der Waals surface area contributed by atoms with Crippen LogP contribution in [0, 0.1) is 0 Å². The van der Waals surface area contributed by atoms with E-state index in [1.165, 1.54) is 24.1 Å². The molecular weight excluding hydrogens is 220 g/mol. The van der Waals surface area contributed by atoms with Gasteiger partial charge in [0, 0.05) is 25.3 Å². The molecular formula is C16H26N2. The highest BCUT2D eigenvalue weighted by molar-refractivity contribution is 5.47. The van der Waals surface area contributed by atoms with E-state index in [4.69, 9.17) is 0 Å². The summed E-state index contributed by atoms with van der Waals surface area (Å²) in [5.74, 6) is 0. The Labute approximate surface area is 112 Å². The minimum atomic E-state index is 0.909. The molecule has 0 radical (unpaired) electrons. The van der Waals surface area contributed by atoms with Crippen molar-refractivity contribution in [3.05, 3.63) is 42.5 Å². The van der Waals surface area contributed by atoms with Crippen LogP contribution in [-0.2, 0) is 0 Å². The molecule has 0 fully saturated rings. The average Bonchev–Trinajstić information content (AvgIpc) is 2.42. The standard InChI is InChI=1S/C16H26N2/c1-4-6-12-18(14-15(3)13-17-5-2)16-10-8-7-9-11-16/h7-11,17H,3-6,12-14H2,1-2H3. The van der Waals surface area contributed by atoms with Gasteiger partial charge in [-0.05, 0) is 30.7 Å². The van der Waals surface area contributed by atoms with E-state index in [1.54, 1.807) is 0 Å². The molecule has 0 amide bonds. The van der Waals surface area contributed by atoms with Crippen LogP contribution in [0.25, 0.3) is 0 Å². The lowest BCUT2D eigenvalue weighted by molar-refractivity contribution is 0.711. The first-order valence-electron chi connectivity index (χ1n) is 6.95. The van der Waals surface area contributed by atoms with Gasteiger partial charge in [0.1, 0.15) is 0 Å². The van der Waals surface area contributed by atoms with Crippen LogP contribution in [0.4, 0.5) is 5.69 Å². The van der Waals surface area contributed by atoms with Crippen molar-refractivity contribution in [1.29, 1.82) is 0 Å². The second-order valence-electron chi connectivity index (χ2n) is 4.64. The average molecular weight is 246 g/mol. The van der Waals surface area contributed by atoms with Crippen LogP contribution in [0.5, 0.6) is 0 Å². The SMILES string of the molecule is C=C(CNCC)CN(CCCC)c1ccccc1. The highest BCUT2D eigenvalue weighted by Crippen LogP contribution is 2.15. The maximum absolute atomic E-state index is 4.16. The zero-order chi connectivity index (χ0) is 13.2. The van der Waals surface area contributed by atoms with E-state index in [9.17, 15) is 0 Å². The Balaban J connectivity index is 2.58. The highest BCUT2D eigenvalue weighted by Gasteiger charge is 2.06. The van der Waals surface area contributed by atoms with Gasteiger partial charge < -0.3 is 10.2 Å². The van der Waals surface area contributed by atoms with E-state index in [0.29, 0.717) is 0 Å². The summed E-state index contributed by atoms with van der Waals surface area (Å²) in [5.41, 5.74) is 2.54. The number of hydrogen-bond acceptors (Lipinski definition) is 2. The lowest BCUT2D eigenvalue weighted by atomic mass is 10.2. The summed E-state index contributed by atoms with van der Waals surface area (Å²) in [5, 5.41) is 3.33. The summed E-state index contributed by atoms with van der Waals surface area (Å²) in [6, 6.07) is 10.6. The zero-order valence-corrected chi connectivity index (χ0v) is 11.8. The molecule has 2 nitrogen and oxygen atoms in total. The number of rotatable bonds is 9. The first-order chi connectivity index (χ1) is 8.77. The number of unbranched alkanes of at least 4 members (excludes halogenated alkanes) is 1. The second-order valence-corrected chi connectivity index (χ2v) is 4.64. The third kappa shape index (κ3) is 5.37. The number of nitrogens with zero attached hydrogens (tertiary/aromatic N) is 1. The van der Waals surface area contributed by atoms with Crippen molar-refractivity contribution in [3.8, 4) is 0 Å². The Kier molecular flexibility index (Phi) is 7.19. The van der Waals surface area contributed by atoms with Crippen LogP contribution < -0.4 is 10.2 Å². The van der Waals surface area contributed by atoms with E-state index < -0.39 is 0 Å². The topological polar surface area (TPSA) is 15.3 Å². The van der Waals surface area contributed by atoms with E-state index in [0.717, 1.165) is 26.2 Å². The lowest BCUT2D eigenvalue weighted by Gasteiger charge is -2.26. The summed E-state index contributed by atoms with van der Waals surface area (Å²) in [6.07, 6.45) is 2.45. The molecule has 0 saturated heterocycles. The third-order valence-corrected chi connectivity index (χ3v) is 2.94. The third-order valence-electron chi connectivity index (χ3n) is 2.94. The Morgan fingerprint density at radius 3 is 2.56 bits per heavy atom. The minimum absolute atomic E-state index is 0.909. The molecule has 0 aromatic heterocycles. The molecule has 0 bridgehead atoms. The maximum atomic E-state index is 4.16. The smallest absolute Gasteiger partial charge is 0.0398 e. The first-order valence-corrected chi connectivity index (χ1v) is 6.95. The molecule has 18 heavy (non-hydrogen) atoms. The van der Waals surface area contributed by atoms with Gasteiger partial charge in [-0.3, -0.25) is 0 Å². The molecule has 1 N–H and O–H groups in total. The molecule has 1 aromatic rings. The predicted molar refractivity (Wildman–Crippen MR) is 81.2 cm³/mol. The van der Waals surface area contributed by atoms with Crippen molar-refractivity contribution in [2.75, 3.05) is 31.1 Å². The van der Waals surface area contributed by atoms with Crippen LogP contribution >= 0.6 is 0 Å². The molecule has 0 atom stereocenters. The summed E-state index contributed by atoms with van der Waals surface area (Å²) in [7, 11) is 0. The number of para-hydroxylation sites is 1. The summed E-state index contributed by atoms with van der Waals surface area (Å²) in [4.78, 5) is 2.42. The predicted octanol–water partition coefficient (Wildman–Crippen LogP) is 3.46. The fraction of sp³-hybridized carbons (Fsp3) is 0.500. The quantitative estimate of drug-likeness (QED) is 0.671. The highest BCUT2D eigenvalue weighted by atomic mass is 15.1. The Bertz CT molecular complexity index is 332. The molecule has 0 saturated carbocycles. The van der Waals surface area contributed by atoms with Crippen LogP contribution in [0.15, 0.2) is 42.5 Å². The zero-order valence-electron chi connectivity index (χ0n) is 11.8. The van der Waals surface area contributed by atoms with Crippen LogP contribution in [0.3, 0.4) is 0 Å². The van der Waals surface area contributed by atoms with Gasteiger partial charge in [0.15, 0.2) is 0 Å². The molecule has 0 aliphatic rings. The molecule has 1 aromatic carbocycles. The van der Waals surface area contributed by atoms with Crippen LogP contribution in [-0.4, -0.2) is 26.2 Å². The minimum Gasteiger partial charge on any atom is -0.367 e. The van der Waals surface area contributed by atoms with Gasteiger partial charge in [0.25, 0.3) is 0 Å². The monoisotopic (exact) mass is 246 g/mol. The van der Waals surface area contributed by atoms with Gasteiger partial charge in [-0.1, -0.05) is 45.0 Å². The van der Waals surface area contributed by atoms with Crippen LogP contribution in [0.1, 0.15) is 26.7 Å². The fourth-order valence-corrected chi connectivity index (χ4v) is 1.91. The molecule has 0 unspecified atom stereocenters. The molecule has 100 valence electrons. The summed E-state index contributed by atoms with van der Waals surface area (Å²) < 4.78 is 0. The number of anilines is 1. The molecule has 0 aliphatic heterocycles. The van der Waals surface area contributed by atoms with Crippen molar-refractivity contribution in [1.82, 2.24) is 5.32 Å². The largest absolute Gasteiger partial charge is 0.367 e. The molecule has 0 spiro atoms. The van der Waals surface area contributed by atoms with Crippen molar-refractivity contribution in [2.45, 2.75) is 26.7 Å². The molecule has 2 heteroatoms. The van der Waals surface area contributed by atoms with Crippen molar-refractivity contribution in [3.63, 3.8) is 0 Å². The fourth-order valence-electron chi connectivity index (χ4n) is 1.91. The van der Waals surface area contributed by atoms with Gasteiger partial charge in [-0.25, -0.2) is 0 Å². The van der Waals surface area contributed by atoms with Crippen molar-refractivity contribution in [2.24, 2.45) is 0 Å². The normalized spacial score (nSPS) is 10.3. The van der Waals surface area contributed by atoms with Gasteiger partial charge in [-0.2, -0.15) is 0 Å². The van der Waals surface area contributed by atoms with E-state index in [2.05, 4.69) is 61.0 Å². The Morgan fingerprint density at radius 1 is 1.22 bits per heavy atom. The first kappa shape index (κ1) is 14.8. The molecule has 0 aliphatic carbocycles. The summed E-state index contributed by atoms with van der Waals surface area (Å²) in [6.45, 7) is 12.5. The van der Waals surface area contributed by atoms with Gasteiger partial charge in [0.05, 0.1) is 0 Å². The number of hydrogen-bond donors (Lipinski definition) is 1. The van der Waals surface area contributed by atoms with E-state index >= 15 is 0 Å². The van der Waals surface area contributed by atoms with Crippen LogP contribution in [0.2, 0.25) is 0 Å².